The van der Waals surface area contributed by atoms with Crippen LogP contribution in [0.4, 0.5) is 0 Å². The van der Waals surface area contributed by atoms with Crippen molar-refractivity contribution >= 4 is 5.78 Å². The van der Waals surface area contributed by atoms with Crippen LogP contribution in [0.5, 0.6) is 0 Å². The fraction of sp³-hybridized carbons (Fsp3) is 0.480. The molecule has 5 heteroatoms. The van der Waals surface area contributed by atoms with Gasteiger partial charge in [0.15, 0.2) is 11.4 Å². The maximum atomic E-state index is 13.5. The zero-order chi connectivity index (χ0) is 21.2. The maximum absolute atomic E-state index is 13.5. The van der Waals surface area contributed by atoms with Crippen LogP contribution in [-0.4, -0.2) is 42.4 Å². The molecule has 0 spiro atoms. The smallest absolute Gasteiger partial charge is 0.176 e. The number of ether oxygens (including phenoxy) is 3. The first kappa shape index (κ1) is 21.2. The Morgan fingerprint density at radius 1 is 0.900 bits per heavy atom. The van der Waals surface area contributed by atoms with Crippen LogP contribution in [0.3, 0.4) is 0 Å². The highest BCUT2D eigenvalue weighted by Gasteiger charge is 2.82. The van der Waals surface area contributed by atoms with Gasteiger partial charge in [-0.25, -0.2) is 0 Å². The molecule has 30 heavy (non-hydrogen) atoms. The van der Waals surface area contributed by atoms with Crippen LogP contribution >= 0.6 is 0 Å². The van der Waals surface area contributed by atoms with Crippen molar-refractivity contribution in [2.75, 3.05) is 19.8 Å². The maximum Gasteiger partial charge on any atom is 0.176 e. The van der Waals surface area contributed by atoms with Crippen molar-refractivity contribution in [1.29, 1.82) is 0 Å². The Hall–Kier alpha value is -2.05. The first-order valence-electron chi connectivity index (χ1n) is 10.5. The van der Waals surface area contributed by atoms with Crippen LogP contribution in [0.1, 0.15) is 31.4 Å². The highest BCUT2D eigenvalue weighted by atomic mass is 16.6. The lowest BCUT2D eigenvalue weighted by Crippen LogP contribution is -2.49. The van der Waals surface area contributed by atoms with E-state index in [1.807, 2.05) is 67.6 Å². The lowest BCUT2D eigenvalue weighted by Gasteiger charge is -2.41. The molecule has 5 nitrogen and oxygen atoms in total. The van der Waals surface area contributed by atoms with Crippen LogP contribution in [0, 0.1) is 10.8 Å². The number of ketones is 1. The molecule has 0 bridgehead atoms. The number of hydrogen-bond acceptors (Lipinski definition) is 5. The second kappa shape index (κ2) is 8.23. The van der Waals surface area contributed by atoms with Crippen molar-refractivity contribution in [2.45, 2.75) is 45.2 Å². The molecule has 1 N–H and O–H groups in total. The number of epoxide rings is 1. The number of aliphatic hydroxyl groups excluding tert-OH is 1. The SMILES string of the molecule is C[C@]1(COCc2ccccc2)C(=O)[C@]2(CCO)O[C@@H]2[C@@]1(C)COCc1ccccc1. The quantitative estimate of drug-likeness (QED) is 0.607. The van der Waals surface area contributed by atoms with Crippen molar-refractivity contribution in [3.63, 3.8) is 0 Å². The summed E-state index contributed by atoms with van der Waals surface area (Å²) in [6, 6.07) is 19.9. The third-order valence-corrected chi connectivity index (χ3v) is 6.92. The van der Waals surface area contributed by atoms with E-state index >= 15 is 0 Å². The fourth-order valence-electron chi connectivity index (χ4n) is 4.85. The van der Waals surface area contributed by atoms with Crippen molar-refractivity contribution < 1.29 is 24.1 Å². The summed E-state index contributed by atoms with van der Waals surface area (Å²) in [5.74, 6) is 0.0212. The van der Waals surface area contributed by atoms with Gasteiger partial charge in [0.05, 0.1) is 31.8 Å². The predicted molar refractivity (Wildman–Crippen MR) is 113 cm³/mol. The van der Waals surface area contributed by atoms with Crippen LogP contribution in [0.2, 0.25) is 0 Å². The standard InChI is InChI=1S/C25H30O5/c1-23(17-28-15-19-9-5-3-6-10-19)21(27)25(13-14-26)22(30-25)24(23,2)18-29-16-20-11-7-4-8-12-20/h3-12,22,26H,13-18H2,1-2H3/t22-,23+,24-,25+/m1/s1. The minimum Gasteiger partial charge on any atom is -0.396 e. The largest absolute Gasteiger partial charge is 0.396 e. The molecule has 4 rings (SSSR count). The molecule has 1 saturated carbocycles. The monoisotopic (exact) mass is 410 g/mol. The van der Waals surface area contributed by atoms with Crippen molar-refractivity contribution in [3.05, 3.63) is 71.8 Å². The molecule has 1 aliphatic heterocycles. The van der Waals surface area contributed by atoms with Crippen molar-refractivity contribution in [1.82, 2.24) is 0 Å². The van der Waals surface area contributed by atoms with Gasteiger partial charge in [-0.15, -0.1) is 0 Å². The molecule has 0 amide bonds. The zero-order valence-electron chi connectivity index (χ0n) is 17.7. The lowest BCUT2D eigenvalue weighted by molar-refractivity contribution is -0.152. The first-order chi connectivity index (χ1) is 14.5. The van der Waals surface area contributed by atoms with Gasteiger partial charge >= 0.3 is 0 Å². The van der Waals surface area contributed by atoms with Crippen LogP contribution in [0.15, 0.2) is 60.7 Å². The summed E-state index contributed by atoms with van der Waals surface area (Å²) in [5, 5.41) is 9.53. The van der Waals surface area contributed by atoms with Gasteiger partial charge in [0.2, 0.25) is 0 Å². The van der Waals surface area contributed by atoms with Gasteiger partial charge in [0.25, 0.3) is 0 Å². The van der Waals surface area contributed by atoms with E-state index in [9.17, 15) is 9.90 Å². The fourth-order valence-corrected chi connectivity index (χ4v) is 4.85. The summed E-state index contributed by atoms with van der Waals surface area (Å²) >= 11 is 0. The Balaban J connectivity index is 1.48. The number of rotatable bonds is 10. The average molecular weight is 411 g/mol. The number of benzene rings is 2. The third-order valence-electron chi connectivity index (χ3n) is 6.92. The van der Waals surface area contributed by atoms with E-state index < -0.39 is 16.4 Å². The minimum absolute atomic E-state index is 0.0212. The second-order valence-corrected chi connectivity index (χ2v) is 8.90. The second-order valence-electron chi connectivity index (χ2n) is 8.90. The number of aliphatic hydroxyl groups is 1. The van der Waals surface area contributed by atoms with E-state index in [4.69, 9.17) is 14.2 Å². The number of fused-ring (bicyclic) bond motifs is 1. The minimum atomic E-state index is -0.898. The molecular weight excluding hydrogens is 380 g/mol. The molecule has 0 radical (unpaired) electrons. The van der Waals surface area contributed by atoms with Crippen molar-refractivity contribution in [3.8, 4) is 0 Å². The lowest BCUT2D eigenvalue weighted by atomic mass is 9.67. The van der Waals surface area contributed by atoms with E-state index in [0.717, 1.165) is 11.1 Å². The summed E-state index contributed by atoms with van der Waals surface area (Å²) in [4.78, 5) is 13.5. The molecule has 1 heterocycles. The van der Waals surface area contributed by atoms with E-state index in [2.05, 4.69) is 6.92 Å². The summed E-state index contributed by atoms with van der Waals surface area (Å²) < 4.78 is 18.0. The Kier molecular flexibility index (Phi) is 5.82. The molecule has 4 atom stereocenters. The Morgan fingerprint density at radius 2 is 1.43 bits per heavy atom. The van der Waals surface area contributed by atoms with Gasteiger partial charge in [-0.2, -0.15) is 0 Å². The highest BCUT2D eigenvalue weighted by molar-refractivity contribution is 6.00. The summed E-state index contributed by atoms with van der Waals surface area (Å²) in [6.45, 7) is 5.54. The Labute approximate surface area is 178 Å². The van der Waals surface area contributed by atoms with Gasteiger partial charge in [0.1, 0.15) is 6.10 Å². The first-order valence-corrected chi connectivity index (χ1v) is 10.5. The van der Waals surface area contributed by atoms with E-state index in [-0.39, 0.29) is 18.5 Å². The van der Waals surface area contributed by atoms with Crippen LogP contribution < -0.4 is 0 Å². The molecular formula is C25H30O5. The van der Waals surface area contributed by atoms with Gasteiger partial charge in [-0.3, -0.25) is 4.79 Å². The molecule has 2 aromatic rings. The Morgan fingerprint density at radius 3 is 1.97 bits per heavy atom. The van der Waals surface area contributed by atoms with Crippen LogP contribution in [-0.2, 0) is 32.2 Å². The number of hydrogen-bond donors (Lipinski definition) is 1. The van der Waals surface area contributed by atoms with Crippen LogP contribution in [0.25, 0.3) is 0 Å². The molecule has 0 aromatic heterocycles. The summed E-state index contributed by atoms with van der Waals surface area (Å²) in [6.07, 6.45) is 0.0599. The van der Waals surface area contributed by atoms with Crippen molar-refractivity contribution in [2.24, 2.45) is 10.8 Å². The number of carbonyl (C=O) groups excluding carboxylic acids is 1. The summed E-state index contributed by atoms with van der Waals surface area (Å²) in [7, 11) is 0. The van der Waals surface area contributed by atoms with E-state index in [1.165, 1.54) is 0 Å². The zero-order valence-corrected chi connectivity index (χ0v) is 17.7. The predicted octanol–water partition coefficient (Wildman–Crippen LogP) is 3.54. The molecule has 1 aliphatic carbocycles. The molecule has 1 saturated heterocycles. The Bertz CT molecular complexity index is 870. The van der Waals surface area contributed by atoms with Gasteiger partial charge in [0, 0.05) is 18.4 Å². The summed E-state index contributed by atoms with van der Waals surface area (Å²) in [5.41, 5.74) is -0.0306. The van der Waals surface area contributed by atoms with Gasteiger partial charge in [-0.1, -0.05) is 67.6 Å². The molecule has 160 valence electrons. The van der Waals surface area contributed by atoms with E-state index in [1.54, 1.807) is 0 Å². The normalized spacial score (nSPS) is 32.2. The third kappa shape index (κ3) is 3.50. The topological polar surface area (TPSA) is 68.3 Å². The number of carbonyl (C=O) groups is 1. The average Bonchev–Trinajstić information content (AvgIpc) is 3.47. The molecule has 2 fully saturated rings. The number of Topliss-reactive ketones (excluding diaryl/α,β-unsaturated/α-hetero) is 1. The van der Waals surface area contributed by atoms with Gasteiger partial charge in [-0.05, 0) is 18.1 Å². The molecule has 2 aliphatic rings. The van der Waals surface area contributed by atoms with E-state index in [0.29, 0.717) is 32.8 Å². The van der Waals surface area contributed by atoms with Gasteiger partial charge < -0.3 is 19.3 Å². The molecule has 2 aromatic carbocycles. The molecule has 0 unspecified atom stereocenters. The highest BCUT2D eigenvalue weighted by Crippen LogP contribution is 2.66.